The molecule has 0 unspecified atom stereocenters. The maximum Gasteiger partial charge on any atom is 0.490 e. The molecule has 0 aliphatic carbocycles. The van der Waals surface area contributed by atoms with Crippen molar-refractivity contribution in [3.05, 3.63) is 77.4 Å². The zero-order valence-corrected chi connectivity index (χ0v) is 17.4. The lowest BCUT2D eigenvalue weighted by molar-refractivity contribution is -0.192. The Kier molecular flexibility index (Phi) is 6.94. The van der Waals surface area contributed by atoms with Crippen LogP contribution in [0.2, 0.25) is 0 Å². The zero-order valence-electron chi connectivity index (χ0n) is 17.4. The van der Waals surface area contributed by atoms with E-state index in [9.17, 15) is 13.2 Å². The predicted octanol–water partition coefficient (Wildman–Crippen LogP) is 4.29. The number of aromatic amines is 1. The third-order valence-corrected chi connectivity index (χ3v) is 4.63. The number of rotatable bonds is 5. The van der Waals surface area contributed by atoms with Gasteiger partial charge in [-0.15, -0.1) is 0 Å². The maximum atomic E-state index is 10.6. The van der Waals surface area contributed by atoms with E-state index in [2.05, 4.69) is 69.8 Å². The number of carbonyl (C=O) groups is 1. The van der Waals surface area contributed by atoms with Crippen LogP contribution in [0.4, 0.5) is 13.2 Å². The molecule has 0 aliphatic rings. The van der Waals surface area contributed by atoms with Crippen LogP contribution in [0.25, 0.3) is 16.7 Å². The Balaban J connectivity index is 0.000000360. The lowest BCUT2D eigenvalue weighted by Gasteiger charge is -2.08. The van der Waals surface area contributed by atoms with Gasteiger partial charge in [-0.2, -0.15) is 18.3 Å². The summed E-state index contributed by atoms with van der Waals surface area (Å²) in [6.45, 7) is 5.73. The summed E-state index contributed by atoms with van der Waals surface area (Å²) in [5, 5.41) is 16.3. The summed E-state index contributed by atoms with van der Waals surface area (Å²) in [6, 6.07) is 14.8. The minimum atomic E-state index is -5.08. The first-order valence-corrected chi connectivity index (χ1v) is 9.69. The Morgan fingerprint density at radius 2 is 1.81 bits per heavy atom. The number of aliphatic carboxylic acids is 1. The number of pyridine rings is 1. The van der Waals surface area contributed by atoms with Crippen LogP contribution < -0.4 is 5.32 Å². The molecule has 10 heteroatoms. The van der Waals surface area contributed by atoms with E-state index < -0.39 is 12.1 Å². The summed E-state index contributed by atoms with van der Waals surface area (Å²) in [5.74, 6) is -2.76. The number of nitrogens with one attached hydrogen (secondary N) is 2. The number of nitrogens with zero attached hydrogens (tertiary/aromatic N) is 3. The fraction of sp³-hybridized carbons (Fsp3) is 0.227. The van der Waals surface area contributed by atoms with Crippen LogP contribution in [-0.4, -0.2) is 37.0 Å². The van der Waals surface area contributed by atoms with E-state index in [0.717, 1.165) is 35.8 Å². The molecule has 0 aliphatic heterocycles. The summed E-state index contributed by atoms with van der Waals surface area (Å²) in [7, 11) is 0. The van der Waals surface area contributed by atoms with Crippen molar-refractivity contribution < 1.29 is 23.1 Å². The molecule has 168 valence electrons. The number of alkyl halides is 3. The molecule has 1 aromatic carbocycles. The average Bonchev–Trinajstić information content (AvgIpc) is 3.34. The normalized spacial score (nSPS) is 11.3. The third-order valence-electron chi connectivity index (χ3n) is 4.63. The Hall–Kier alpha value is -3.66. The Morgan fingerprint density at radius 3 is 2.41 bits per heavy atom. The number of halogens is 3. The van der Waals surface area contributed by atoms with E-state index in [1.807, 2.05) is 24.0 Å². The standard InChI is InChI=1S/C20H21N5.C2HF3O2/c1-14-11-15(2)25(24-14)18-5-3-16(4-6-18)12-21-13-17-7-9-22-20-19(17)8-10-23-20;3-2(4,5)1(6)7/h3-11,21H,12-13H2,1-2H3,(H,22,23);(H,6,7). The van der Waals surface area contributed by atoms with Crippen LogP contribution >= 0.6 is 0 Å². The average molecular weight is 445 g/mol. The maximum absolute atomic E-state index is 10.6. The molecule has 3 aromatic heterocycles. The Morgan fingerprint density at radius 1 is 1.12 bits per heavy atom. The first-order valence-electron chi connectivity index (χ1n) is 9.69. The highest BCUT2D eigenvalue weighted by Crippen LogP contribution is 2.16. The number of aryl methyl sites for hydroxylation is 2. The largest absolute Gasteiger partial charge is 0.490 e. The van der Waals surface area contributed by atoms with Crippen LogP contribution in [0.1, 0.15) is 22.5 Å². The van der Waals surface area contributed by atoms with Crippen molar-refractivity contribution in [2.45, 2.75) is 33.1 Å². The molecule has 3 heterocycles. The number of hydrogen-bond donors (Lipinski definition) is 3. The summed E-state index contributed by atoms with van der Waals surface area (Å²) in [4.78, 5) is 16.4. The lowest BCUT2D eigenvalue weighted by Crippen LogP contribution is -2.21. The quantitative estimate of drug-likeness (QED) is 0.426. The van der Waals surface area contributed by atoms with Crippen molar-refractivity contribution in [2.24, 2.45) is 0 Å². The minimum absolute atomic E-state index is 0.816. The van der Waals surface area contributed by atoms with Gasteiger partial charge in [0.15, 0.2) is 0 Å². The molecule has 3 N–H and O–H groups in total. The lowest BCUT2D eigenvalue weighted by atomic mass is 10.1. The zero-order chi connectivity index (χ0) is 23.3. The minimum Gasteiger partial charge on any atom is -0.475 e. The molecule has 0 radical (unpaired) electrons. The Labute approximate surface area is 181 Å². The molecule has 0 bridgehead atoms. The summed E-state index contributed by atoms with van der Waals surface area (Å²) < 4.78 is 33.7. The highest BCUT2D eigenvalue weighted by atomic mass is 19.4. The van der Waals surface area contributed by atoms with Gasteiger partial charge in [-0.05, 0) is 55.3 Å². The van der Waals surface area contributed by atoms with Gasteiger partial charge in [0.25, 0.3) is 0 Å². The molecule has 0 spiro atoms. The van der Waals surface area contributed by atoms with Gasteiger partial charge in [0.1, 0.15) is 5.65 Å². The van der Waals surface area contributed by atoms with Crippen LogP contribution in [-0.2, 0) is 17.9 Å². The number of hydrogen-bond acceptors (Lipinski definition) is 4. The van der Waals surface area contributed by atoms with Gasteiger partial charge in [0.05, 0.1) is 11.4 Å². The number of carboxylic acids is 1. The van der Waals surface area contributed by atoms with Gasteiger partial charge in [-0.25, -0.2) is 14.5 Å². The van der Waals surface area contributed by atoms with Crippen LogP contribution in [0.15, 0.2) is 54.9 Å². The number of carboxylic acid groups (broad SMARTS) is 1. The molecule has 0 atom stereocenters. The number of aromatic nitrogens is 4. The number of H-pyrrole nitrogens is 1. The molecule has 0 saturated carbocycles. The van der Waals surface area contributed by atoms with Crippen molar-refractivity contribution in [1.29, 1.82) is 0 Å². The van der Waals surface area contributed by atoms with Gasteiger partial charge in [0.2, 0.25) is 0 Å². The summed E-state index contributed by atoms with van der Waals surface area (Å²) >= 11 is 0. The van der Waals surface area contributed by atoms with E-state index in [4.69, 9.17) is 9.90 Å². The van der Waals surface area contributed by atoms with Crippen LogP contribution in [0.5, 0.6) is 0 Å². The predicted molar refractivity (Wildman–Crippen MR) is 113 cm³/mol. The first-order chi connectivity index (χ1) is 15.1. The number of fused-ring (bicyclic) bond motifs is 1. The SMILES string of the molecule is Cc1cc(C)n(-c2ccc(CNCc3ccnc4[nH]ccc34)cc2)n1.O=C(O)C(F)(F)F. The van der Waals surface area contributed by atoms with E-state index in [1.54, 1.807) is 0 Å². The van der Waals surface area contributed by atoms with Crippen molar-refractivity contribution in [2.75, 3.05) is 0 Å². The monoisotopic (exact) mass is 445 g/mol. The second-order valence-corrected chi connectivity index (χ2v) is 7.12. The van der Waals surface area contributed by atoms with Crippen LogP contribution in [0.3, 0.4) is 0 Å². The van der Waals surface area contributed by atoms with Gasteiger partial charge in [-0.1, -0.05) is 12.1 Å². The number of benzene rings is 1. The van der Waals surface area contributed by atoms with Gasteiger partial charge in [0, 0.05) is 36.6 Å². The van der Waals surface area contributed by atoms with Crippen molar-refractivity contribution in [1.82, 2.24) is 25.1 Å². The first kappa shape index (κ1) is 23.0. The van der Waals surface area contributed by atoms with Crippen molar-refractivity contribution in [3.63, 3.8) is 0 Å². The van der Waals surface area contributed by atoms with Gasteiger partial charge >= 0.3 is 12.1 Å². The van der Waals surface area contributed by atoms with Crippen molar-refractivity contribution in [3.8, 4) is 5.69 Å². The topological polar surface area (TPSA) is 95.8 Å². The third kappa shape index (κ3) is 5.73. The van der Waals surface area contributed by atoms with Crippen LogP contribution in [0, 0.1) is 13.8 Å². The summed E-state index contributed by atoms with van der Waals surface area (Å²) in [5.41, 5.74) is 6.73. The van der Waals surface area contributed by atoms with Gasteiger partial charge < -0.3 is 15.4 Å². The molecule has 32 heavy (non-hydrogen) atoms. The fourth-order valence-electron chi connectivity index (χ4n) is 3.16. The fourth-order valence-corrected chi connectivity index (χ4v) is 3.16. The molecular formula is C22H22F3N5O2. The molecule has 0 amide bonds. The Bertz CT molecular complexity index is 1200. The molecule has 0 saturated heterocycles. The smallest absolute Gasteiger partial charge is 0.475 e. The van der Waals surface area contributed by atoms with E-state index in [-0.39, 0.29) is 0 Å². The van der Waals surface area contributed by atoms with Crippen molar-refractivity contribution >= 4 is 17.0 Å². The second-order valence-electron chi connectivity index (χ2n) is 7.12. The highest BCUT2D eigenvalue weighted by Gasteiger charge is 2.38. The van der Waals surface area contributed by atoms with E-state index in [0.29, 0.717) is 0 Å². The molecule has 0 fully saturated rings. The van der Waals surface area contributed by atoms with E-state index >= 15 is 0 Å². The second kappa shape index (κ2) is 9.65. The molecule has 4 aromatic rings. The molecular weight excluding hydrogens is 423 g/mol. The van der Waals surface area contributed by atoms with E-state index in [1.165, 1.54) is 16.5 Å². The molecule has 7 nitrogen and oxygen atoms in total. The summed E-state index contributed by atoms with van der Waals surface area (Å²) in [6.07, 6.45) is -1.31. The highest BCUT2D eigenvalue weighted by molar-refractivity contribution is 5.79. The van der Waals surface area contributed by atoms with Gasteiger partial charge in [-0.3, -0.25) is 0 Å². The molecule has 4 rings (SSSR count).